The average Bonchev–Trinajstić information content (AvgIpc) is 3.59. The van der Waals surface area contributed by atoms with Crippen LogP contribution in [0, 0.1) is 28.7 Å². The molecule has 0 aliphatic carbocycles. The van der Waals surface area contributed by atoms with Gasteiger partial charge in [-0.2, -0.15) is 0 Å². The summed E-state index contributed by atoms with van der Waals surface area (Å²) in [5.74, 6) is -3.96. The number of halogens is 4. The Balaban J connectivity index is 0.000000162. The lowest BCUT2D eigenvalue weighted by molar-refractivity contribution is -0.000492. The predicted octanol–water partition coefficient (Wildman–Crippen LogP) is 9.13. The molecule has 0 saturated carbocycles. The molecule has 296 valence electrons. The van der Waals surface area contributed by atoms with E-state index in [4.69, 9.17) is 9.72 Å². The number of thiophene rings is 1. The van der Waals surface area contributed by atoms with Crippen molar-refractivity contribution in [3.63, 3.8) is 0 Å². The lowest BCUT2D eigenvalue weighted by atomic mass is 9.73. The molecule has 9 nitrogen and oxygen atoms in total. The first kappa shape index (κ1) is 38.7. The van der Waals surface area contributed by atoms with E-state index in [1.165, 1.54) is 12.1 Å². The van der Waals surface area contributed by atoms with Gasteiger partial charge in [-0.3, -0.25) is 14.4 Å². The van der Waals surface area contributed by atoms with Crippen LogP contribution in [0.1, 0.15) is 48.8 Å². The monoisotopic (exact) mass is 807 g/mol. The van der Waals surface area contributed by atoms with Crippen molar-refractivity contribution >= 4 is 63.2 Å². The number of ether oxygens (including phenoxy) is 1. The highest BCUT2D eigenvalue weighted by molar-refractivity contribution is 7.17. The maximum atomic E-state index is 13.8. The topological polar surface area (TPSA) is 104 Å². The van der Waals surface area contributed by atoms with Gasteiger partial charge in [-0.25, -0.2) is 22.5 Å². The zero-order valence-electron chi connectivity index (χ0n) is 31.3. The molecule has 3 aliphatic heterocycles. The van der Waals surface area contributed by atoms with Crippen molar-refractivity contribution in [2.45, 2.75) is 19.3 Å². The van der Waals surface area contributed by atoms with Gasteiger partial charge >= 0.3 is 0 Å². The number of carbonyl (C=O) groups excluding carboxylic acids is 3. The van der Waals surface area contributed by atoms with Crippen LogP contribution in [-0.2, 0) is 11.2 Å². The van der Waals surface area contributed by atoms with E-state index in [2.05, 4.69) is 15.5 Å². The van der Waals surface area contributed by atoms with Crippen LogP contribution in [0.2, 0.25) is 0 Å². The molecule has 0 unspecified atom stereocenters. The van der Waals surface area contributed by atoms with Crippen molar-refractivity contribution in [3.8, 4) is 10.4 Å². The summed E-state index contributed by atoms with van der Waals surface area (Å²) in [5, 5.41) is 6.05. The number of amides is 2. The summed E-state index contributed by atoms with van der Waals surface area (Å²) in [6, 6.07) is 23.7. The Labute approximate surface area is 335 Å². The van der Waals surface area contributed by atoms with Crippen LogP contribution >= 0.6 is 11.3 Å². The molecule has 2 fully saturated rings. The summed E-state index contributed by atoms with van der Waals surface area (Å²) < 4.78 is 59.9. The number of hydrogen-bond donors (Lipinski definition) is 2. The number of anilines is 4. The highest BCUT2D eigenvalue weighted by atomic mass is 32.1. The summed E-state index contributed by atoms with van der Waals surface area (Å²) in [6.07, 6.45) is 3.53. The largest absolute Gasteiger partial charge is 0.381 e. The van der Waals surface area contributed by atoms with Crippen LogP contribution in [0.3, 0.4) is 0 Å². The van der Waals surface area contributed by atoms with Crippen LogP contribution < -0.4 is 20.4 Å². The molecular weight excluding hydrogens is 771 g/mol. The fourth-order valence-electron chi connectivity index (χ4n) is 7.60. The Morgan fingerprint density at radius 2 is 1.57 bits per heavy atom. The van der Waals surface area contributed by atoms with E-state index in [1.54, 1.807) is 36.4 Å². The van der Waals surface area contributed by atoms with Crippen molar-refractivity contribution in [1.29, 1.82) is 0 Å². The molecule has 6 aromatic rings. The van der Waals surface area contributed by atoms with Crippen LogP contribution in [0.25, 0.3) is 21.3 Å². The van der Waals surface area contributed by atoms with Gasteiger partial charge < -0.3 is 25.2 Å². The van der Waals surface area contributed by atoms with E-state index in [0.29, 0.717) is 47.6 Å². The quantitative estimate of drug-likeness (QED) is 0.128. The number of nitrogens with one attached hydrogen (secondary N) is 2. The second-order valence-corrected chi connectivity index (χ2v) is 15.8. The number of fused-ring (bicyclic) bond motifs is 4. The first-order chi connectivity index (χ1) is 28.0. The van der Waals surface area contributed by atoms with Crippen molar-refractivity contribution < 1.29 is 36.7 Å². The Hall–Kier alpha value is -6.12. The number of rotatable bonds is 6. The second-order valence-electron chi connectivity index (χ2n) is 14.7. The minimum Gasteiger partial charge on any atom is -0.381 e. The van der Waals surface area contributed by atoms with E-state index in [-0.39, 0.29) is 22.0 Å². The van der Waals surface area contributed by atoms with E-state index >= 15 is 0 Å². The van der Waals surface area contributed by atoms with Crippen molar-refractivity contribution in [2.24, 2.45) is 5.41 Å². The highest BCUT2D eigenvalue weighted by Crippen LogP contribution is 2.44. The fourth-order valence-corrected chi connectivity index (χ4v) is 8.74. The molecule has 9 rings (SSSR count). The molecule has 0 radical (unpaired) electrons. The number of nitrogens with zero attached hydrogens (tertiary/aromatic N) is 3. The smallest absolute Gasteiger partial charge is 0.265 e. The number of benzene rings is 4. The Morgan fingerprint density at radius 3 is 2.29 bits per heavy atom. The second kappa shape index (κ2) is 16.0. The van der Waals surface area contributed by atoms with E-state index in [0.717, 1.165) is 89.5 Å². The molecule has 2 N–H and O–H groups in total. The SMILES string of the molecule is CN1CCc2cc(C(=O)Nc3c(F)cc(F)cc3F)sc2-c2ccc(F)cc21.O=Cc1ccc(NC(=O)c2cc3ccccc3nc2N2CC3(CCOCC3)C2)cc1. The Bertz CT molecular complexity index is 2530. The van der Waals surface area contributed by atoms with Crippen molar-refractivity contribution in [1.82, 2.24) is 4.98 Å². The molecule has 2 saturated heterocycles. The molecule has 4 aromatic carbocycles. The van der Waals surface area contributed by atoms with E-state index in [1.807, 2.05) is 42.3 Å². The third-order valence-corrected chi connectivity index (χ3v) is 12.0. The molecule has 2 amide bonds. The van der Waals surface area contributed by atoms with E-state index in [9.17, 15) is 31.9 Å². The maximum Gasteiger partial charge on any atom is 0.265 e. The first-order valence-corrected chi connectivity index (χ1v) is 19.5. The molecule has 0 atom stereocenters. The summed E-state index contributed by atoms with van der Waals surface area (Å²) in [6.45, 7) is 4.04. The number of aromatic nitrogens is 1. The molecule has 58 heavy (non-hydrogen) atoms. The lowest BCUT2D eigenvalue weighted by Gasteiger charge is -2.53. The van der Waals surface area contributed by atoms with Gasteiger partial charge in [0.1, 0.15) is 29.4 Å². The van der Waals surface area contributed by atoms with Gasteiger partial charge in [0.25, 0.3) is 11.8 Å². The molecule has 1 spiro atoms. The van der Waals surface area contributed by atoms with E-state index < -0.39 is 29.0 Å². The van der Waals surface area contributed by atoms with Gasteiger partial charge in [-0.15, -0.1) is 11.3 Å². The zero-order chi connectivity index (χ0) is 40.6. The van der Waals surface area contributed by atoms with Gasteiger partial charge in [-0.1, -0.05) is 18.2 Å². The third-order valence-electron chi connectivity index (χ3n) is 10.8. The number of pyridine rings is 1. The normalized spacial score (nSPS) is 15.3. The molecular formula is C44H37F4N5O4S. The molecule has 0 bridgehead atoms. The summed E-state index contributed by atoms with van der Waals surface area (Å²) in [7, 11) is 1.86. The number of aldehydes is 1. The number of carbonyl (C=O) groups is 3. The summed E-state index contributed by atoms with van der Waals surface area (Å²) >= 11 is 1.16. The highest BCUT2D eigenvalue weighted by Gasteiger charge is 2.45. The molecule has 14 heteroatoms. The number of hydrogen-bond acceptors (Lipinski definition) is 8. The zero-order valence-corrected chi connectivity index (χ0v) is 32.1. The van der Waals surface area contributed by atoms with Gasteiger partial charge in [0.2, 0.25) is 0 Å². The lowest BCUT2D eigenvalue weighted by Crippen LogP contribution is -2.59. The van der Waals surface area contributed by atoms with Crippen LogP contribution in [0.15, 0.2) is 91.0 Å². The average molecular weight is 808 g/mol. The predicted molar refractivity (Wildman–Crippen MR) is 217 cm³/mol. The maximum absolute atomic E-state index is 13.8. The fraction of sp³-hybridized carbons (Fsp3) is 0.227. The minimum absolute atomic E-state index is 0.199. The Kier molecular flexibility index (Phi) is 10.7. The van der Waals surface area contributed by atoms with Gasteiger partial charge in [0.15, 0.2) is 11.6 Å². The van der Waals surface area contributed by atoms with Gasteiger partial charge in [0.05, 0.1) is 16.0 Å². The molecule has 5 heterocycles. The number of likely N-dealkylation sites (N-methyl/N-ethyl adjacent to an activating group) is 1. The first-order valence-electron chi connectivity index (χ1n) is 18.7. The summed E-state index contributed by atoms with van der Waals surface area (Å²) in [5.41, 5.74) is 4.65. The Morgan fingerprint density at radius 1 is 0.845 bits per heavy atom. The van der Waals surface area contributed by atoms with Crippen molar-refractivity contribution in [2.75, 3.05) is 60.3 Å². The molecule has 2 aromatic heterocycles. The molecule has 3 aliphatic rings. The third kappa shape index (κ3) is 7.89. The van der Waals surface area contributed by atoms with Gasteiger partial charge in [0, 0.05) is 90.2 Å². The minimum atomic E-state index is -1.19. The van der Waals surface area contributed by atoms with Crippen LogP contribution in [-0.4, -0.2) is 63.0 Å². The standard InChI is InChI=1S/C24H23N3O3.C20H14F4N2OS/c28-14-17-5-7-19(8-6-17)25-23(29)20-13-18-3-1-2-4-21(18)26-22(20)27-15-24(16-27)9-11-30-12-10-24;1-26-5-4-10-6-17(28-19(10)13-3-2-11(21)9-16(13)26)20(27)25-18-14(23)7-12(22)8-15(18)24/h1-8,13-14H,9-12,15-16H2,(H,25,29);2-3,6-9H,4-5H2,1H3,(H,25,27). The number of para-hydroxylation sites is 1. The van der Waals surface area contributed by atoms with Crippen LogP contribution in [0.4, 0.5) is 40.4 Å². The summed E-state index contributed by atoms with van der Waals surface area (Å²) in [4.78, 5) is 46.7. The van der Waals surface area contributed by atoms with Crippen LogP contribution in [0.5, 0.6) is 0 Å². The van der Waals surface area contributed by atoms with Crippen molar-refractivity contribution in [3.05, 3.63) is 136 Å². The van der Waals surface area contributed by atoms with Gasteiger partial charge in [-0.05, 0) is 85.5 Å².